The average molecular weight is 492 g/mol. The third-order valence-corrected chi connectivity index (χ3v) is 6.76. The molecule has 0 radical (unpaired) electrons. The van der Waals surface area contributed by atoms with Gasteiger partial charge < -0.3 is 14.7 Å². The molecular weight excluding hydrogens is 457 g/mol. The van der Waals surface area contributed by atoms with Crippen LogP contribution in [0.2, 0.25) is 0 Å². The van der Waals surface area contributed by atoms with Crippen molar-refractivity contribution in [2.24, 2.45) is 0 Å². The summed E-state index contributed by atoms with van der Waals surface area (Å²) in [5, 5.41) is 6.69. The van der Waals surface area contributed by atoms with E-state index < -0.39 is 0 Å². The lowest BCUT2D eigenvalue weighted by molar-refractivity contribution is 0.0590. The molecule has 0 saturated heterocycles. The zero-order chi connectivity index (χ0) is 25.7. The normalized spacial score (nSPS) is 14.4. The van der Waals surface area contributed by atoms with Crippen LogP contribution in [0, 0.1) is 5.82 Å². The van der Waals surface area contributed by atoms with Crippen LogP contribution >= 0.6 is 0 Å². The summed E-state index contributed by atoms with van der Waals surface area (Å²) in [6.45, 7) is 6.95. The number of hydrogen-bond donors (Lipinski definition) is 1. The molecule has 0 unspecified atom stereocenters. The smallest absolute Gasteiger partial charge is 0.273 e. The average Bonchev–Trinajstić information content (AvgIpc) is 3.35. The molecule has 2 amide bonds. The van der Waals surface area contributed by atoms with Gasteiger partial charge in [0, 0.05) is 24.2 Å². The van der Waals surface area contributed by atoms with Crippen molar-refractivity contribution in [2.45, 2.75) is 77.4 Å². The molecule has 0 atom stereocenters. The number of aromatic nitrogens is 1. The molecule has 190 valence electrons. The number of carbonyl (C=O) groups excluding carboxylic acids is 2. The molecule has 7 heteroatoms. The third-order valence-electron chi connectivity index (χ3n) is 6.76. The van der Waals surface area contributed by atoms with Crippen molar-refractivity contribution in [3.63, 3.8) is 0 Å². The Morgan fingerprint density at radius 2 is 1.69 bits per heavy atom. The first kappa shape index (κ1) is 25.6. The molecule has 1 fully saturated rings. The first-order valence-corrected chi connectivity index (χ1v) is 12.6. The summed E-state index contributed by atoms with van der Waals surface area (Å²) in [7, 11) is 0. The topological polar surface area (TPSA) is 75.4 Å². The summed E-state index contributed by atoms with van der Waals surface area (Å²) >= 11 is 0. The maximum absolute atomic E-state index is 13.6. The van der Waals surface area contributed by atoms with Crippen LogP contribution in [0.1, 0.15) is 90.6 Å². The molecule has 1 saturated carbocycles. The van der Waals surface area contributed by atoms with Crippen LogP contribution in [0.3, 0.4) is 0 Å². The fraction of sp³-hybridized carbons (Fsp3) is 0.414. The molecule has 4 rings (SSSR count). The number of benzene rings is 2. The Bertz CT molecular complexity index is 1170. The van der Waals surface area contributed by atoms with E-state index in [0.717, 1.165) is 31.2 Å². The second kappa shape index (κ2) is 11.1. The van der Waals surface area contributed by atoms with Gasteiger partial charge >= 0.3 is 0 Å². The Morgan fingerprint density at radius 1 is 1.03 bits per heavy atom. The molecule has 1 aliphatic rings. The van der Waals surface area contributed by atoms with Crippen LogP contribution in [-0.2, 0) is 18.5 Å². The van der Waals surface area contributed by atoms with Gasteiger partial charge in [-0.3, -0.25) is 9.59 Å². The molecule has 0 bridgehead atoms. The zero-order valence-corrected chi connectivity index (χ0v) is 21.2. The number of hydrogen-bond acceptors (Lipinski definition) is 4. The highest BCUT2D eigenvalue weighted by atomic mass is 19.1. The number of nitrogens with zero attached hydrogens (tertiary/aromatic N) is 2. The molecule has 2 aromatic carbocycles. The second-order valence-corrected chi connectivity index (χ2v) is 10.5. The Hall–Kier alpha value is -3.48. The minimum Gasteiger partial charge on any atom is -0.359 e. The van der Waals surface area contributed by atoms with E-state index >= 15 is 0 Å². The fourth-order valence-corrected chi connectivity index (χ4v) is 4.58. The molecule has 3 aromatic rings. The Balaban J connectivity index is 1.46. The van der Waals surface area contributed by atoms with E-state index in [9.17, 15) is 14.0 Å². The van der Waals surface area contributed by atoms with E-state index in [0.29, 0.717) is 11.3 Å². The molecule has 1 aromatic heterocycles. The first-order valence-electron chi connectivity index (χ1n) is 12.6. The maximum Gasteiger partial charge on any atom is 0.273 e. The summed E-state index contributed by atoms with van der Waals surface area (Å²) < 4.78 is 18.6. The Kier molecular flexibility index (Phi) is 7.87. The van der Waals surface area contributed by atoms with Crippen molar-refractivity contribution >= 4 is 11.8 Å². The number of amides is 2. The van der Waals surface area contributed by atoms with E-state index in [-0.39, 0.29) is 47.9 Å². The SMILES string of the molecule is CC(C)(C)c1ccc(C(=O)N(Cc2cc(C(=O)NCc3ccc(F)cc3)no2)C2CCCCC2)cc1. The summed E-state index contributed by atoms with van der Waals surface area (Å²) in [6.07, 6.45) is 5.26. The van der Waals surface area contributed by atoms with Gasteiger partial charge in [0.05, 0.1) is 6.54 Å². The highest BCUT2D eigenvalue weighted by molar-refractivity contribution is 5.94. The van der Waals surface area contributed by atoms with Crippen LogP contribution < -0.4 is 5.32 Å². The lowest BCUT2D eigenvalue weighted by Gasteiger charge is -2.34. The highest BCUT2D eigenvalue weighted by Gasteiger charge is 2.28. The summed E-state index contributed by atoms with van der Waals surface area (Å²) in [4.78, 5) is 28.0. The van der Waals surface area contributed by atoms with Crippen molar-refractivity contribution < 1.29 is 18.5 Å². The largest absolute Gasteiger partial charge is 0.359 e. The molecule has 1 heterocycles. The minimum atomic E-state index is -0.386. The molecule has 6 nitrogen and oxygen atoms in total. The van der Waals surface area contributed by atoms with Crippen LogP contribution in [0.25, 0.3) is 0 Å². The third kappa shape index (κ3) is 6.39. The molecular formula is C29H34FN3O3. The summed E-state index contributed by atoms with van der Waals surface area (Å²) in [5.74, 6) is -0.288. The van der Waals surface area contributed by atoms with E-state index in [1.165, 1.54) is 24.1 Å². The molecule has 0 aliphatic heterocycles. The van der Waals surface area contributed by atoms with E-state index in [2.05, 4.69) is 31.2 Å². The van der Waals surface area contributed by atoms with Gasteiger partial charge in [0.25, 0.3) is 11.8 Å². The summed E-state index contributed by atoms with van der Waals surface area (Å²) in [6, 6.07) is 15.5. The highest BCUT2D eigenvalue weighted by Crippen LogP contribution is 2.27. The quantitative estimate of drug-likeness (QED) is 0.439. The van der Waals surface area contributed by atoms with E-state index in [4.69, 9.17) is 4.52 Å². The van der Waals surface area contributed by atoms with Gasteiger partial charge in [0.1, 0.15) is 5.82 Å². The number of rotatable bonds is 7. The fourth-order valence-electron chi connectivity index (χ4n) is 4.58. The predicted octanol–water partition coefficient (Wildman–Crippen LogP) is 6.02. The molecule has 1 N–H and O–H groups in total. The zero-order valence-electron chi connectivity index (χ0n) is 21.2. The minimum absolute atomic E-state index is 0.0121. The van der Waals surface area contributed by atoms with Crippen LogP contribution in [0.4, 0.5) is 4.39 Å². The lowest BCUT2D eigenvalue weighted by Crippen LogP contribution is -2.41. The van der Waals surface area contributed by atoms with Gasteiger partial charge in [-0.25, -0.2) is 4.39 Å². The Labute approximate surface area is 211 Å². The van der Waals surface area contributed by atoms with Gasteiger partial charge in [-0.05, 0) is 53.6 Å². The van der Waals surface area contributed by atoms with Gasteiger partial charge in [-0.1, -0.05) is 69.5 Å². The van der Waals surface area contributed by atoms with Crippen molar-refractivity contribution in [2.75, 3.05) is 0 Å². The van der Waals surface area contributed by atoms with Gasteiger partial charge in [0.2, 0.25) is 0 Å². The molecule has 36 heavy (non-hydrogen) atoms. The van der Waals surface area contributed by atoms with Crippen LogP contribution in [0.15, 0.2) is 59.1 Å². The molecule has 1 aliphatic carbocycles. The van der Waals surface area contributed by atoms with Gasteiger partial charge in [0.15, 0.2) is 11.5 Å². The van der Waals surface area contributed by atoms with Crippen molar-refractivity contribution in [1.82, 2.24) is 15.4 Å². The van der Waals surface area contributed by atoms with Gasteiger partial charge in [-0.2, -0.15) is 0 Å². The van der Waals surface area contributed by atoms with Gasteiger partial charge in [-0.15, -0.1) is 0 Å². The lowest BCUT2D eigenvalue weighted by atomic mass is 9.86. The van der Waals surface area contributed by atoms with Crippen molar-refractivity contribution in [3.8, 4) is 0 Å². The number of nitrogens with one attached hydrogen (secondary N) is 1. The van der Waals surface area contributed by atoms with E-state index in [1.54, 1.807) is 18.2 Å². The van der Waals surface area contributed by atoms with Crippen LogP contribution in [-0.4, -0.2) is 27.9 Å². The van der Waals surface area contributed by atoms with Crippen molar-refractivity contribution in [3.05, 3.63) is 88.6 Å². The van der Waals surface area contributed by atoms with Crippen LogP contribution in [0.5, 0.6) is 0 Å². The molecule has 0 spiro atoms. The standard InChI is InChI=1S/C29H34FN3O3/c1-29(2,3)22-13-11-21(12-14-22)28(35)33(24-7-5-4-6-8-24)19-25-17-26(32-36-25)27(34)31-18-20-9-15-23(30)16-10-20/h9-17,24H,4-8,18-19H2,1-3H3,(H,31,34). The predicted molar refractivity (Wildman–Crippen MR) is 136 cm³/mol. The maximum atomic E-state index is 13.6. The summed E-state index contributed by atoms with van der Waals surface area (Å²) in [5.41, 5.74) is 2.76. The van der Waals surface area contributed by atoms with E-state index in [1.807, 2.05) is 29.2 Å². The number of halogens is 1. The monoisotopic (exact) mass is 491 g/mol. The second-order valence-electron chi connectivity index (χ2n) is 10.5. The first-order chi connectivity index (χ1) is 17.2. The Morgan fingerprint density at radius 3 is 2.33 bits per heavy atom. The number of carbonyl (C=O) groups is 2. The van der Waals surface area contributed by atoms with Crippen molar-refractivity contribution in [1.29, 1.82) is 0 Å².